The third kappa shape index (κ3) is 2.03. The van der Waals surface area contributed by atoms with Gasteiger partial charge in [0.05, 0.1) is 0 Å². The minimum Gasteiger partial charge on any atom is -0.361 e. The molecule has 1 N–H and O–H groups in total. The van der Waals surface area contributed by atoms with Crippen LogP contribution < -0.4 is 0 Å². The van der Waals surface area contributed by atoms with Gasteiger partial charge in [-0.2, -0.15) is 0 Å². The second-order valence-electron chi connectivity index (χ2n) is 5.16. The smallest absolute Gasteiger partial charge is 0.0466 e. The first-order chi connectivity index (χ1) is 10.4. The number of hydrogen-bond acceptors (Lipinski definition) is 0. The summed E-state index contributed by atoms with van der Waals surface area (Å²) in [4.78, 5) is 3.40. The van der Waals surface area contributed by atoms with Gasteiger partial charge in [-0.15, -0.1) is 0 Å². The number of nitrogens with one attached hydrogen (secondary N) is 1. The molecule has 21 heavy (non-hydrogen) atoms. The van der Waals surface area contributed by atoms with Gasteiger partial charge in [0.2, 0.25) is 0 Å². The van der Waals surface area contributed by atoms with Crippen LogP contribution in [0.5, 0.6) is 0 Å². The lowest BCUT2D eigenvalue weighted by atomic mass is 9.96. The number of benzene rings is 3. The lowest BCUT2D eigenvalue weighted by Crippen LogP contribution is -1.81. The van der Waals surface area contributed by atoms with Crippen LogP contribution in [-0.2, 0) is 0 Å². The van der Waals surface area contributed by atoms with E-state index >= 15 is 0 Å². The first kappa shape index (κ1) is 12.0. The molecule has 1 nitrogen and oxygen atoms in total. The molecule has 1 aromatic heterocycles. The largest absolute Gasteiger partial charge is 0.361 e. The molecule has 3 aromatic carbocycles. The lowest BCUT2D eigenvalue weighted by molar-refractivity contribution is 1.47. The van der Waals surface area contributed by atoms with E-state index in [0.29, 0.717) is 0 Å². The van der Waals surface area contributed by atoms with E-state index in [0.717, 1.165) is 0 Å². The zero-order valence-corrected chi connectivity index (χ0v) is 11.6. The van der Waals surface area contributed by atoms with Crippen LogP contribution in [0.3, 0.4) is 0 Å². The second kappa shape index (κ2) is 4.95. The summed E-state index contributed by atoms with van der Waals surface area (Å²) in [5, 5.41) is 1.29. The molecule has 0 saturated heterocycles. The normalized spacial score (nSPS) is 10.9. The minimum absolute atomic E-state index is 1.18. The van der Waals surface area contributed by atoms with Gasteiger partial charge < -0.3 is 4.98 Å². The van der Waals surface area contributed by atoms with E-state index in [1.807, 2.05) is 0 Å². The molecule has 1 heteroatoms. The lowest BCUT2D eigenvalue weighted by Gasteiger charge is -2.07. The van der Waals surface area contributed by atoms with Crippen LogP contribution in [0.2, 0.25) is 0 Å². The molecule has 0 amide bonds. The summed E-state index contributed by atoms with van der Waals surface area (Å²) >= 11 is 0. The van der Waals surface area contributed by atoms with E-state index in [2.05, 4.69) is 90.0 Å². The highest BCUT2D eigenvalue weighted by Gasteiger charge is 2.11. The third-order valence-corrected chi connectivity index (χ3v) is 3.88. The Morgan fingerprint density at radius 1 is 0.524 bits per heavy atom. The van der Waals surface area contributed by atoms with Gasteiger partial charge in [-0.3, -0.25) is 0 Å². The summed E-state index contributed by atoms with van der Waals surface area (Å²) < 4.78 is 0. The van der Waals surface area contributed by atoms with Crippen LogP contribution in [0, 0.1) is 0 Å². The number of aromatic amines is 1. The van der Waals surface area contributed by atoms with E-state index in [1.54, 1.807) is 0 Å². The van der Waals surface area contributed by atoms with E-state index in [1.165, 1.54) is 33.2 Å². The zero-order valence-electron chi connectivity index (χ0n) is 11.6. The maximum atomic E-state index is 3.40. The molecule has 0 bridgehead atoms. The van der Waals surface area contributed by atoms with Crippen molar-refractivity contribution in [2.45, 2.75) is 0 Å². The van der Waals surface area contributed by atoms with Crippen LogP contribution in [0.1, 0.15) is 0 Å². The highest BCUT2D eigenvalue weighted by molar-refractivity contribution is 6.05. The fourth-order valence-corrected chi connectivity index (χ4v) is 2.89. The topological polar surface area (TPSA) is 15.8 Å². The molecule has 0 aliphatic carbocycles. The van der Waals surface area contributed by atoms with Crippen LogP contribution in [0.15, 0.2) is 85.1 Å². The molecule has 100 valence electrons. The van der Waals surface area contributed by atoms with Crippen molar-refractivity contribution >= 4 is 10.9 Å². The Morgan fingerprint density at radius 2 is 1.14 bits per heavy atom. The van der Waals surface area contributed by atoms with Crippen molar-refractivity contribution in [3.8, 4) is 22.3 Å². The average molecular weight is 269 g/mol. The Labute approximate surface area is 123 Å². The second-order valence-corrected chi connectivity index (χ2v) is 5.16. The Hall–Kier alpha value is -2.80. The summed E-state index contributed by atoms with van der Waals surface area (Å²) in [5.41, 5.74) is 6.19. The van der Waals surface area contributed by atoms with Gasteiger partial charge in [-0.05, 0) is 22.8 Å². The number of hydrogen-bond donors (Lipinski definition) is 1. The predicted octanol–water partition coefficient (Wildman–Crippen LogP) is 5.50. The van der Waals surface area contributed by atoms with Gasteiger partial charge >= 0.3 is 0 Å². The predicted molar refractivity (Wildman–Crippen MR) is 89.2 cm³/mol. The SMILES string of the molecule is c1ccc(-c2cccc3[nH]cc(-c4ccccc4)c23)cc1. The fraction of sp³-hybridized carbons (Fsp3) is 0. The van der Waals surface area contributed by atoms with Gasteiger partial charge in [-0.1, -0.05) is 72.8 Å². The molecule has 4 rings (SSSR count). The van der Waals surface area contributed by atoms with Gasteiger partial charge in [0.15, 0.2) is 0 Å². The molecule has 0 radical (unpaired) electrons. The summed E-state index contributed by atoms with van der Waals surface area (Å²) in [6.07, 6.45) is 2.10. The summed E-state index contributed by atoms with van der Waals surface area (Å²) in [6, 6.07) is 27.5. The maximum Gasteiger partial charge on any atom is 0.0466 e. The van der Waals surface area contributed by atoms with Crippen molar-refractivity contribution in [3.05, 3.63) is 85.1 Å². The monoisotopic (exact) mass is 269 g/mol. The fourth-order valence-electron chi connectivity index (χ4n) is 2.89. The Bertz CT molecular complexity index is 874. The molecule has 4 aromatic rings. The summed E-state index contributed by atoms with van der Waals surface area (Å²) in [6.45, 7) is 0. The van der Waals surface area contributed by atoms with Gasteiger partial charge in [0, 0.05) is 22.7 Å². The van der Waals surface area contributed by atoms with Gasteiger partial charge in [0.25, 0.3) is 0 Å². The Balaban J connectivity index is 2.03. The molecule has 0 aliphatic rings. The van der Waals surface area contributed by atoms with E-state index < -0.39 is 0 Å². The Morgan fingerprint density at radius 3 is 1.81 bits per heavy atom. The highest BCUT2D eigenvalue weighted by atomic mass is 14.7. The zero-order chi connectivity index (χ0) is 14.1. The van der Waals surface area contributed by atoms with Crippen molar-refractivity contribution in [1.82, 2.24) is 4.98 Å². The molecule has 1 heterocycles. The van der Waals surface area contributed by atoms with E-state index in [-0.39, 0.29) is 0 Å². The van der Waals surface area contributed by atoms with Crippen LogP contribution in [-0.4, -0.2) is 4.98 Å². The van der Waals surface area contributed by atoms with Crippen molar-refractivity contribution in [2.24, 2.45) is 0 Å². The molecule has 0 atom stereocenters. The molecular formula is C20H15N. The number of rotatable bonds is 2. The van der Waals surface area contributed by atoms with Crippen molar-refractivity contribution in [3.63, 3.8) is 0 Å². The highest BCUT2D eigenvalue weighted by Crippen LogP contribution is 2.36. The van der Waals surface area contributed by atoms with Gasteiger partial charge in [0.1, 0.15) is 0 Å². The van der Waals surface area contributed by atoms with Crippen LogP contribution in [0.25, 0.3) is 33.2 Å². The molecular weight excluding hydrogens is 254 g/mol. The van der Waals surface area contributed by atoms with E-state index in [4.69, 9.17) is 0 Å². The number of H-pyrrole nitrogens is 1. The number of fused-ring (bicyclic) bond motifs is 1. The molecule has 0 aliphatic heterocycles. The van der Waals surface area contributed by atoms with E-state index in [9.17, 15) is 0 Å². The summed E-state index contributed by atoms with van der Waals surface area (Å²) in [5.74, 6) is 0. The van der Waals surface area contributed by atoms with Crippen LogP contribution in [0.4, 0.5) is 0 Å². The van der Waals surface area contributed by atoms with Crippen molar-refractivity contribution in [2.75, 3.05) is 0 Å². The first-order valence-corrected chi connectivity index (χ1v) is 7.14. The number of aromatic nitrogens is 1. The maximum absolute atomic E-state index is 3.40. The molecule has 0 saturated carbocycles. The molecule has 0 fully saturated rings. The third-order valence-electron chi connectivity index (χ3n) is 3.88. The van der Waals surface area contributed by atoms with Gasteiger partial charge in [-0.25, -0.2) is 0 Å². The van der Waals surface area contributed by atoms with Crippen molar-refractivity contribution < 1.29 is 0 Å². The first-order valence-electron chi connectivity index (χ1n) is 7.14. The Kier molecular flexibility index (Phi) is 2.82. The average Bonchev–Trinajstić information content (AvgIpc) is 3.00. The molecule has 0 spiro atoms. The minimum atomic E-state index is 1.18. The summed E-state index contributed by atoms with van der Waals surface area (Å²) in [7, 11) is 0. The standard InChI is InChI=1S/C20H15N/c1-3-8-15(9-4-1)17-12-7-13-19-20(17)18(14-21-19)16-10-5-2-6-11-16/h1-14,21H. The van der Waals surface area contributed by atoms with Crippen molar-refractivity contribution in [1.29, 1.82) is 0 Å². The molecule has 0 unspecified atom stereocenters. The van der Waals surface area contributed by atoms with Crippen LogP contribution >= 0.6 is 0 Å². The quantitative estimate of drug-likeness (QED) is 0.494.